The van der Waals surface area contributed by atoms with Gasteiger partial charge in [0.05, 0.1) is 30.5 Å². The number of methoxy groups -OCH3 is 1. The minimum absolute atomic E-state index is 0.0346. The maximum atomic E-state index is 12.7. The van der Waals surface area contributed by atoms with Crippen LogP contribution in [-0.2, 0) is 22.7 Å². The lowest BCUT2D eigenvalue weighted by Crippen LogP contribution is -2.45. The summed E-state index contributed by atoms with van der Waals surface area (Å²) in [5.74, 6) is 0.701. The van der Waals surface area contributed by atoms with Gasteiger partial charge in [0.2, 0.25) is 11.8 Å². The molecule has 1 fully saturated rings. The molecule has 8 heteroatoms. The smallest absolute Gasteiger partial charge is 0.258 e. The molecule has 1 unspecified atom stereocenters. The lowest BCUT2D eigenvalue weighted by atomic mass is 9.96. The largest absolute Gasteiger partial charge is 0.497 e. The van der Waals surface area contributed by atoms with E-state index in [4.69, 9.17) is 4.74 Å². The number of hydrogen-bond acceptors (Lipinski definition) is 5. The van der Waals surface area contributed by atoms with Gasteiger partial charge in [-0.3, -0.25) is 14.4 Å². The third kappa shape index (κ3) is 4.74. The molecule has 1 atom stereocenters. The number of ether oxygens (including phenoxy) is 1. The van der Waals surface area contributed by atoms with Crippen LogP contribution in [0.2, 0.25) is 0 Å². The van der Waals surface area contributed by atoms with Crippen LogP contribution in [0, 0.1) is 5.92 Å². The van der Waals surface area contributed by atoms with Crippen molar-refractivity contribution < 1.29 is 14.3 Å². The maximum absolute atomic E-state index is 12.7. The summed E-state index contributed by atoms with van der Waals surface area (Å²) in [7, 11) is 1.60. The maximum Gasteiger partial charge on any atom is 0.258 e. The third-order valence-corrected chi connectivity index (χ3v) is 5.47. The highest BCUT2D eigenvalue weighted by atomic mass is 16.5. The molecule has 3 aromatic rings. The summed E-state index contributed by atoms with van der Waals surface area (Å²) >= 11 is 0. The van der Waals surface area contributed by atoms with E-state index in [2.05, 4.69) is 15.3 Å². The van der Waals surface area contributed by atoms with Gasteiger partial charge in [-0.1, -0.05) is 24.3 Å². The number of aromatic amines is 1. The first-order valence-electron chi connectivity index (χ1n) is 10.2. The van der Waals surface area contributed by atoms with Gasteiger partial charge < -0.3 is 19.9 Å². The number of para-hydroxylation sites is 1. The van der Waals surface area contributed by atoms with E-state index >= 15 is 0 Å². The Labute approximate surface area is 179 Å². The summed E-state index contributed by atoms with van der Waals surface area (Å²) in [5.41, 5.74) is 1.30. The Hall–Kier alpha value is -3.68. The number of fused-ring (bicyclic) bond motifs is 1. The molecule has 0 aliphatic carbocycles. The van der Waals surface area contributed by atoms with Crippen LogP contribution in [0.1, 0.15) is 24.2 Å². The molecule has 2 N–H and O–H groups in total. The van der Waals surface area contributed by atoms with Crippen molar-refractivity contribution in [2.75, 3.05) is 13.7 Å². The molecule has 8 nitrogen and oxygen atoms in total. The van der Waals surface area contributed by atoms with Crippen LogP contribution in [0.3, 0.4) is 0 Å². The highest BCUT2D eigenvalue weighted by molar-refractivity contribution is 5.84. The van der Waals surface area contributed by atoms with Crippen molar-refractivity contribution in [3.8, 4) is 5.75 Å². The lowest BCUT2D eigenvalue weighted by molar-refractivity contribution is -0.139. The van der Waals surface area contributed by atoms with Crippen molar-refractivity contribution in [1.82, 2.24) is 20.2 Å². The topological polar surface area (TPSA) is 104 Å². The third-order valence-electron chi connectivity index (χ3n) is 5.47. The molecule has 1 aliphatic heterocycles. The molecule has 0 spiro atoms. The molecule has 2 heterocycles. The summed E-state index contributed by atoms with van der Waals surface area (Å²) in [6, 6.07) is 14.6. The zero-order valence-corrected chi connectivity index (χ0v) is 17.3. The van der Waals surface area contributed by atoms with Crippen molar-refractivity contribution in [3.63, 3.8) is 0 Å². The summed E-state index contributed by atoms with van der Waals surface area (Å²) in [6.07, 6.45) is 0.827. The van der Waals surface area contributed by atoms with Gasteiger partial charge in [0, 0.05) is 19.5 Å². The Morgan fingerprint density at radius 2 is 2.06 bits per heavy atom. The van der Waals surface area contributed by atoms with Crippen LogP contribution < -0.4 is 15.6 Å². The first-order chi connectivity index (χ1) is 15.0. The number of likely N-dealkylation sites (tertiary alicyclic amines) is 1. The normalized spacial score (nSPS) is 16.4. The average molecular weight is 420 g/mol. The molecule has 1 saturated heterocycles. The van der Waals surface area contributed by atoms with Gasteiger partial charge in [-0.15, -0.1) is 0 Å². The van der Waals surface area contributed by atoms with Gasteiger partial charge in [0.1, 0.15) is 11.6 Å². The van der Waals surface area contributed by atoms with Crippen molar-refractivity contribution in [2.45, 2.75) is 25.9 Å². The van der Waals surface area contributed by atoms with Gasteiger partial charge in [0.25, 0.3) is 5.56 Å². The zero-order valence-electron chi connectivity index (χ0n) is 17.3. The van der Waals surface area contributed by atoms with E-state index < -0.39 is 0 Å². The first-order valence-corrected chi connectivity index (χ1v) is 10.2. The standard InChI is InChI=1S/C23H24N4O4/c1-31-17-6-4-5-15(11-17)13-27-14-16(9-10-21(27)28)22(29)24-12-20-25-19-8-3-2-7-18(19)23(30)26-20/h2-8,11,16H,9-10,12-14H2,1H3,(H,24,29)(H,25,26,30). The Bertz CT molecular complexity index is 1170. The second-order valence-electron chi connectivity index (χ2n) is 7.61. The number of nitrogens with zero attached hydrogens (tertiary/aromatic N) is 2. The van der Waals surface area contributed by atoms with Crippen molar-refractivity contribution in [3.05, 3.63) is 70.3 Å². The summed E-state index contributed by atoms with van der Waals surface area (Å²) in [4.78, 5) is 46.1. The number of carbonyl (C=O) groups is 2. The number of amides is 2. The van der Waals surface area contributed by atoms with Crippen LogP contribution >= 0.6 is 0 Å². The van der Waals surface area contributed by atoms with Crippen LogP contribution in [-0.4, -0.2) is 40.3 Å². The van der Waals surface area contributed by atoms with E-state index in [9.17, 15) is 14.4 Å². The molecule has 4 rings (SSSR count). The van der Waals surface area contributed by atoms with Gasteiger partial charge in [-0.05, 0) is 36.2 Å². The molecule has 160 valence electrons. The fourth-order valence-corrected chi connectivity index (χ4v) is 3.81. The molecule has 2 aromatic carbocycles. The van der Waals surface area contributed by atoms with Gasteiger partial charge in [-0.25, -0.2) is 4.98 Å². The molecular weight excluding hydrogens is 396 g/mol. The molecule has 0 radical (unpaired) electrons. The molecular formula is C23H24N4O4. The Kier molecular flexibility index (Phi) is 5.97. The quantitative estimate of drug-likeness (QED) is 0.635. The van der Waals surface area contributed by atoms with Crippen molar-refractivity contribution in [1.29, 1.82) is 0 Å². The SMILES string of the molecule is COc1cccc(CN2CC(C(=O)NCc3nc4ccccc4c(=O)[nH]3)CCC2=O)c1. The van der Waals surface area contributed by atoms with Crippen LogP contribution in [0.5, 0.6) is 5.75 Å². The second-order valence-corrected chi connectivity index (χ2v) is 7.61. The number of carbonyl (C=O) groups excluding carboxylic acids is 2. The molecule has 1 aliphatic rings. The van der Waals surface area contributed by atoms with E-state index in [0.29, 0.717) is 42.7 Å². The fourth-order valence-electron chi connectivity index (χ4n) is 3.81. The molecule has 1 aromatic heterocycles. The van der Waals surface area contributed by atoms with Crippen LogP contribution in [0.25, 0.3) is 10.9 Å². The summed E-state index contributed by atoms with van der Waals surface area (Å²) in [6.45, 7) is 0.905. The minimum atomic E-state index is -0.310. The predicted octanol–water partition coefficient (Wildman–Crippen LogP) is 1.99. The molecule has 0 bridgehead atoms. The van der Waals surface area contributed by atoms with Crippen LogP contribution in [0.4, 0.5) is 0 Å². The highest BCUT2D eigenvalue weighted by Crippen LogP contribution is 2.21. The zero-order chi connectivity index (χ0) is 21.8. The van der Waals surface area contributed by atoms with Crippen molar-refractivity contribution >= 4 is 22.7 Å². The van der Waals surface area contributed by atoms with E-state index in [1.165, 1.54) is 0 Å². The van der Waals surface area contributed by atoms with E-state index in [1.807, 2.05) is 30.3 Å². The minimum Gasteiger partial charge on any atom is -0.497 e. The summed E-state index contributed by atoms with van der Waals surface area (Å²) in [5, 5.41) is 3.36. The average Bonchev–Trinajstić information content (AvgIpc) is 2.79. The number of aromatic nitrogens is 2. The van der Waals surface area contributed by atoms with Gasteiger partial charge in [-0.2, -0.15) is 0 Å². The van der Waals surface area contributed by atoms with E-state index in [0.717, 1.165) is 11.3 Å². The van der Waals surface area contributed by atoms with Gasteiger partial charge in [0.15, 0.2) is 0 Å². The first kappa shape index (κ1) is 20.6. The van der Waals surface area contributed by atoms with Gasteiger partial charge >= 0.3 is 0 Å². The summed E-state index contributed by atoms with van der Waals surface area (Å²) < 4.78 is 5.24. The van der Waals surface area contributed by atoms with E-state index in [-0.39, 0.29) is 29.8 Å². The number of benzene rings is 2. The Morgan fingerprint density at radius 1 is 1.23 bits per heavy atom. The predicted molar refractivity (Wildman–Crippen MR) is 115 cm³/mol. The lowest BCUT2D eigenvalue weighted by Gasteiger charge is -2.32. The molecule has 31 heavy (non-hydrogen) atoms. The van der Waals surface area contributed by atoms with Crippen LogP contribution in [0.15, 0.2) is 53.3 Å². The Morgan fingerprint density at radius 3 is 2.90 bits per heavy atom. The molecule has 0 saturated carbocycles. The Balaban J connectivity index is 1.39. The van der Waals surface area contributed by atoms with Crippen molar-refractivity contribution in [2.24, 2.45) is 5.92 Å². The number of H-pyrrole nitrogens is 1. The monoisotopic (exact) mass is 420 g/mol. The van der Waals surface area contributed by atoms with E-state index in [1.54, 1.807) is 30.2 Å². The number of rotatable bonds is 6. The molecule has 2 amide bonds. The number of piperidine rings is 1. The number of hydrogen-bond donors (Lipinski definition) is 2. The second kappa shape index (κ2) is 8.99. The highest BCUT2D eigenvalue weighted by Gasteiger charge is 2.30. The number of nitrogens with one attached hydrogen (secondary N) is 2. The fraction of sp³-hybridized carbons (Fsp3) is 0.304.